The molecular formula is C14H18F3NO. The quantitative estimate of drug-likeness (QED) is 0.708. The predicted octanol–water partition coefficient (Wildman–Crippen LogP) is 3.53. The van der Waals surface area contributed by atoms with Crippen LogP contribution in [-0.2, 0) is 0 Å². The first kappa shape index (κ1) is 15.7. The molecule has 0 saturated heterocycles. The first-order chi connectivity index (χ1) is 8.92. The normalized spacial score (nSPS) is 11.8. The molecule has 5 heteroatoms. The average Bonchev–Trinajstić information content (AvgIpc) is 2.35. The lowest BCUT2D eigenvalue weighted by Gasteiger charge is -2.22. The Labute approximate surface area is 111 Å². The number of ketones is 1. The Morgan fingerprint density at radius 1 is 1.16 bits per heavy atom. The molecule has 106 valence electrons. The molecule has 0 N–H and O–H groups in total. The number of carbonyl (C=O) groups is 1. The summed E-state index contributed by atoms with van der Waals surface area (Å²) in [6, 6.07) is 8.63. The molecular weight excluding hydrogens is 255 g/mol. The van der Waals surface area contributed by atoms with E-state index >= 15 is 0 Å². The van der Waals surface area contributed by atoms with Crippen LogP contribution in [0.15, 0.2) is 30.3 Å². The molecule has 0 aliphatic heterocycles. The van der Waals surface area contributed by atoms with Gasteiger partial charge in [0, 0.05) is 18.5 Å². The highest BCUT2D eigenvalue weighted by Gasteiger charge is 2.30. The maximum Gasteiger partial charge on any atom is 0.401 e. The molecule has 0 aliphatic rings. The van der Waals surface area contributed by atoms with Crippen LogP contribution in [-0.4, -0.2) is 36.5 Å². The van der Waals surface area contributed by atoms with Crippen LogP contribution in [0.25, 0.3) is 0 Å². The standard InChI is InChI=1S/C14H18F3NO/c1-2-9-18(11-14(15,16)17)10-8-13(19)12-6-4-3-5-7-12/h3-7H,2,8-11H2,1H3. The fraction of sp³-hybridized carbons (Fsp3) is 0.500. The summed E-state index contributed by atoms with van der Waals surface area (Å²) >= 11 is 0. The highest BCUT2D eigenvalue weighted by atomic mass is 19.4. The second kappa shape index (κ2) is 7.28. The van der Waals surface area contributed by atoms with E-state index in [1.807, 2.05) is 6.92 Å². The Hall–Kier alpha value is -1.36. The van der Waals surface area contributed by atoms with Crippen LogP contribution in [0.1, 0.15) is 30.1 Å². The van der Waals surface area contributed by atoms with E-state index in [-0.39, 0.29) is 18.7 Å². The number of hydrogen-bond donors (Lipinski definition) is 0. The first-order valence-electron chi connectivity index (χ1n) is 6.29. The summed E-state index contributed by atoms with van der Waals surface area (Å²) < 4.78 is 37.0. The zero-order valence-electron chi connectivity index (χ0n) is 10.9. The monoisotopic (exact) mass is 273 g/mol. The number of alkyl halides is 3. The smallest absolute Gasteiger partial charge is 0.295 e. The molecule has 2 nitrogen and oxygen atoms in total. The fourth-order valence-corrected chi connectivity index (χ4v) is 1.87. The highest BCUT2D eigenvalue weighted by molar-refractivity contribution is 5.96. The minimum atomic E-state index is -4.22. The van der Waals surface area contributed by atoms with Crippen LogP contribution in [0.2, 0.25) is 0 Å². The van der Waals surface area contributed by atoms with Crippen molar-refractivity contribution >= 4 is 5.78 Å². The summed E-state index contributed by atoms with van der Waals surface area (Å²) in [6.45, 7) is 1.36. The first-order valence-corrected chi connectivity index (χ1v) is 6.29. The van der Waals surface area contributed by atoms with Crippen molar-refractivity contribution in [1.29, 1.82) is 0 Å². The third kappa shape index (κ3) is 6.38. The molecule has 19 heavy (non-hydrogen) atoms. The molecule has 0 bridgehead atoms. The van der Waals surface area contributed by atoms with Crippen molar-refractivity contribution in [2.24, 2.45) is 0 Å². The van der Waals surface area contributed by atoms with E-state index < -0.39 is 12.7 Å². The molecule has 1 aromatic rings. The number of carbonyl (C=O) groups excluding carboxylic acids is 1. The van der Waals surface area contributed by atoms with Crippen molar-refractivity contribution in [2.75, 3.05) is 19.6 Å². The molecule has 1 aromatic carbocycles. The van der Waals surface area contributed by atoms with E-state index in [1.54, 1.807) is 30.3 Å². The molecule has 0 amide bonds. The third-order valence-electron chi connectivity index (χ3n) is 2.69. The molecule has 0 fully saturated rings. The lowest BCUT2D eigenvalue weighted by molar-refractivity contribution is -0.145. The van der Waals surface area contributed by atoms with Crippen molar-refractivity contribution in [2.45, 2.75) is 25.9 Å². The largest absolute Gasteiger partial charge is 0.401 e. The molecule has 0 saturated carbocycles. The maximum atomic E-state index is 12.3. The Morgan fingerprint density at radius 3 is 2.32 bits per heavy atom. The second-order valence-electron chi connectivity index (χ2n) is 4.43. The van der Waals surface area contributed by atoms with Gasteiger partial charge in [-0.1, -0.05) is 37.3 Å². The van der Waals surface area contributed by atoms with Crippen LogP contribution in [0.3, 0.4) is 0 Å². The molecule has 0 unspecified atom stereocenters. The van der Waals surface area contributed by atoms with Gasteiger partial charge in [-0.25, -0.2) is 0 Å². The van der Waals surface area contributed by atoms with Crippen LogP contribution in [0.5, 0.6) is 0 Å². The van der Waals surface area contributed by atoms with Crippen molar-refractivity contribution in [3.05, 3.63) is 35.9 Å². The predicted molar refractivity (Wildman–Crippen MR) is 68.2 cm³/mol. The average molecular weight is 273 g/mol. The van der Waals surface area contributed by atoms with E-state index in [1.165, 1.54) is 4.90 Å². The Balaban J connectivity index is 2.50. The molecule has 0 aliphatic carbocycles. The van der Waals surface area contributed by atoms with Gasteiger partial charge in [0.25, 0.3) is 0 Å². The highest BCUT2D eigenvalue weighted by Crippen LogP contribution is 2.17. The molecule has 0 atom stereocenters. The molecule has 0 aromatic heterocycles. The van der Waals surface area contributed by atoms with E-state index in [2.05, 4.69) is 0 Å². The third-order valence-corrected chi connectivity index (χ3v) is 2.69. The second-order valence-corrected chi connectivity index (χ2v) is 4.43. The summed E-state index contributed by atoms with van der Waals surface area (Å²) in [7, 11) is 0. The van der Waals surface area contributed by atoms with E-state index in [4.69, 9.17) is 0 Å². The van der Waals surface area contributed by atoms with Gasteiger partial charge in [-0.15, -0.1) is 0 Å². The van der Waals surface area contributed by atoms with Gasteiger partial charge < -0.3 is 0 Å². The summed E-state index contributed by atoms with van der Waals surface area (Å²) in [6.07, 6.45) is -3.47. The van der Waals surface area contributed by atoms with Gasteiger partial charge in [0.15, 0.2) is 5.78 Å². The summed E-state index contributed by atoms with van der Waals surface area (Å²) in [5, 5.41) is 0. The van der Waals surface area contributed by atoms with Gasteiger partial charge in [-0.2, -0.15) is 13.2 Å². The van der Waals surface area contributed by atoms with Gasteiger partial charge in [0.2, 0.25) is 0 Å². The van der Waals surface area contributed by atoms with E-state index in [9.17, 15) is 18.0 Å². The number of hydrogen-bond acceptors (Lipinski definition) is 2. The van der Waals surface area contributed by atoms with E-state index in [0.29, 0.717) is 18.5 Å². The lowest BCUT2D eigenvalue weighted by atomic mass is 10.1. The fourth-order valence-electron chi connectivity index (χ4n) is 1.87. The van der Waals surface area contributed by atoms with Crippen LogP contribution in [0, 0.1) is 0 Å². The number of halogens is 3. The van der Waals surface area contributed by atoms with Gasteiger partial charge in [0.05, 0.1) is 6.54 Å². The van der Waals surface area contributed by atoms with Crippen molar-refractivity contribution in [3.8, 4) is 0 Å². The van der Waals surface area contributed by atoms with Gasteiger partial charge >= 0.3 is 6.18 Å². The van der Waals surface area contributed by atoms with Gasteiger partial charge in [0.1, 0.15) is 0 Å². The Morgan fingerprint density at radius 2 is 1.79 bits per heavy atom. The Bertz CT molecular complexity index is 389. The Kier molecular flexibility index (Phi) is 6.02. The summed E-state index contributed by atoms with van der Waals surface area (Å²) in [4.78, 5) is 13.1. The lowest BCUT2D eigenvalue weighted by Crippen LogP contribution is -2.36. The molecule has 0 heterocycles. The zero-order chi connectivity index (χ0) is 14.3. The van der Waals surface area contributed by atoms with Crippen molar-refractivity contribution in [1.82, 2.24) is 4.90 Å². The minimum absolute atomic E-state index is 0.111. The molecule has 0 spiro atoms. The van der Waals surface area contributed by atoms with Crippen molar-refractivity contribution < 1.29 is 18.0 Å². The van der Waals surface area contributed by atoms with Gasteiger partial charge in [-0.3, -0.25) is 9.69 Å². The molecule has 1 rings (SSSR count). The minimum Gasteiger partial charge on any atom is -0.295 e. The van der Waals surface area contributed by atoms with Crippen LogP contribution >= 0.6 is 0 Å². The van der Waals surface area contributed by atoms with Crippen LogP contribution in [0.4, 0.5) is 13.2 Å². The summed E-state index contributed by atoms with van der Waals surface area (Å²) in [5.41, 5.74) is 0.547. The molecule has 0 radical (unpaired) electrons. The van der Waals surface area contributed by atoms with Crippen molar-refractivity contribution in [3.63, 3.8) is 0 Å². The summed E-state index contributed by atoms with van der Waals surface area (Å²) in [5.74, 6) is -0.121. The zero-order valence-corrected chi connectivity index (χ0v) is 10.9. The maximum absolute atomic E-state index is 12.3. The number of benzene rings is 1. The van der Waals surface area contributed by atoms with Gasteiger partial charge in [-0.05, 0) is 13.0 Å². The number of nitrogens with zero attached hydrogens (tertiary/aromatic N) is 1. The number of rotatable bonds is 7. The van der Waals surface area contributed by atoms with E-state index in [0.717, 1.165) is 0 Å². The number of Topliss-reactive ketones (excluding diaryl/α,β-unsaturated/α-hetero) is 1. The topological polar surface area (TPSA) is 20.3 Å². The van der Waals surface area contributed by atoms with Crippen LogP contribution < -0.4 is 0 Å². The SMILES string of the molecule is CCCN(CCC(=O)c1ccccc1)CC(F)(F)F.